The fraction of sp³-hybridized carbons (Fsp3) is 0.688. The predicted molar refractivity (Wildman–Crippen MR) is 80.6 cm³/mol. The van der Waals surface area contributed by atoms with Crippen LogP contribution in [-0.4, -0.2) is 44.3 Å². The molecule has 1 aromatic heterocycles. The standard InChI is InChI=1S/C16H23N3O3/c1-11(16(21)22)10-18(12-6-7-12)15(20)14-8-9-19(17-14)13-4-2-3-5-13/h8-9,11-13H,2-7,10H2,1H3,(H,21,22)/t11-/m1/s1. The molecule has 1 N–H and O–H groups in total. The monoisotopic (exact) mass is 305 g/mol. The van der Waals surface area contributed by atoms with Crippen LogP contribution in [0.3, 0.4) is 0 Å². The third kappa shape index (κ3) is 3.15. The summed E-state index contributed by atoms with van der Waals surface area (Å²) in [5.41, 5.74) is 0.441. The topological polar surface area (TPSA) is 75.4 Å². The van der Waals surface area contributed by atoms with Gasteiger partial charge in [-0.15, -0.1) is 0 Å². The molecule has 3 rings (SSSR count). The zero-order valence-electron chi connectivity index (χ0n) is 12.9. The zero-order chi connectivity index (χ0) is 15.7. The van der Waals surface area contributed by atoms with E-state index in [-0.39, 0.29) is 18.5 Å². The van der Waals surface area contributed by atoms with E-state index in [2.05, 4.69) is 5.10 Å². The van der Waals surface area contributed by atoms with Gasteiger partial charge >= 0.3 is 5.97 Å². The van der Waals surface area contributed by atoms with Gasteiger partial charge in [0.2, 0.25) is 0 Å². The molecule has 0 saturated heterocycles. The summed E-state index contributed by atoms with van der Waals surface area (Å²) in [5.74, 6) is -1.55. The van der Waals surface area contributed by atoms with Crippen LogP contribution in [0.5, 0.6) is 0 Å². The number of aromatic nitrogens is 2. The van der Waals surface area contributed by atoms with E-state index in [1.165, 1.54) is 12.8 Å². The maximum absolute atomic E-state index is 12.7. The summed E-state index contributed by atoms with van der Waals surface area (Å²) in [6.45, 7) is 1.90. The molecule has 0 aliphatic heterocycles. The molecule has 1 aromatic rings. The van der Waals surface area contributed by atoms with Crippen LogP contribution in [0.2, 0.25) is 0 Å². The summed E-state index contributed by atoms with van der Waals surface area (Å²) in [5, 5.41) is 13.5. The fourth-order valence-corrected chi connectivity index (χ4v) is 3.13. The van der Waals surface area contributed by atoms with Crippen LogP contribution in [0.25, 0.3) is 0 Å². The number of carbonyl (C=O) groups is 2. The van der Waals surface area contributed by atoms with Gasteiger partial charge in [0.25, 0.3) is 5.91 Å². The zero-order valence-corrected chi connectivity index (χ0v) is 12.9. The second-order valence-electron chi connectivity index (χ2n) is 6.55. The Hall–Kier alpha value is -1.85. The van der Waals surface area contributed by atoms with Crippen molar-refractivity contribution in [1.29, 1.82) is 0 Å². The van der Waals surface area contributed by atoms with Crippen molar-refractivity contribution in [2.24, 2.45) is 5.92 Å². The van der Waals surface area contributed by atoms with Gasteiger partial charge in [0.05, 0.1) is 12.0 Å². The van der Waals surface area contributed by atoms with Gasteiger partial charge in [-0.2, -0.15) is 5.10 Å². The first-order chi connectivity index (χ1) is 10.6. The Morgan fingerprint density at radius 1 is 1.36 bits per heavy atom. The van der Waals surface area contributed by atoms with E-state index < -0.39 is 11.9 Å². The largest absolute Gasteiger partial charge is 0.481 e. The summed E-state index contributed by atoms with van der Waals surface area (Å²) >= 11 is 0. The molecule has 2 aliphatic rings. The molecule has 0 spiro atoms. The van der Waals surface area contributed by atoms with Gasteiger partial charge < -0.3 is 10.0 Å². The number of aliphatic carboxylic acids is 1. The van der Waals surface area contributed by atoms with Crippen LogP contribution >= 0.6 is 0 Å². The highest BCUT2D eigenvalue weighted by Crippen LogP contribution is 2.31. The molecule has 0 aromatic carbocycles. The molecule has 6 nitrogen and oxygen atoms in total. The molecule has 2 aliphatic carbocycles. The van der Waals surface area contributed by atoms with E-state index in [9.17, 15) is 9.59 Å². The maximum atomic E-state index is 12.7. The van der Waals surface area contributed by atoms with Crippen molar-refractivity contribution in [3.05, 3.63) is 18.0 Å². The first-order valence-corrected chi connectivity index (χ1v) is 8.15. The van der Waals surface area contributed by atoms with Gasteiger partial charge in [0, 0.05) is 18.8 Å². The quantitative estimate of drug-likeness (QED) is 0.875. The summed E-state index contributed by atoms with van der Waals surface area (Å²) in [7, 11) is 0. The normalized spacial score (nSPS) is 20.0. The molecule has 2 saturated carbocycles. The summed E-state index contributed by atoms with van der Waals surface area (Å²) in [4.78, 5) is 25.4. The van der Waals surface area contributed by atoms with Crippen LogP contribution in [0, 0.1) is 5.92 Å². The van der Waals surface area contributed by atoms with E-state index in [4.69, 9.17) is 5.11 Å². The minimum Gasteiger partial charge on any atom is -0.481 e. The fourth-order valence-electron chi connectivity index (χ4n) is 3.13. The van der Waals surface area contributed by atoms with Crippen molar-refractivity contribution >= 4 is 11.9 Å². The Morgan fingerprint density at radius 3 is 2.64 bits per heavy atom. The number of hydrogen-bond acceptors (Lipinski definition) is 3. The van der Waals surface area contributed by atoms with Gasteiger partial charge in [-0.3, -0.25) is 14.3 Å². The summed E-state index contributed by atoms with van der Waals surface area (Å²) in [6, 6.07) is 2.36. The molecule has 0 unspecified atom stereocenters. The van der Waals surface area contributed by atoms with Crippen LogP contribution in [-0.2, 0) is 4.79 Å². The first-order valence-electron chi connectivity index (χ1n) is 8.15. The lowest BCUT2D eigenvalue weighted by Gasteiger charge is -2.23. The molecular formula is C16H23N3O3. The Kier molecular flexibility index (Phi) is 4.18. The van der Waals surface area contributed by atoms with Gasteiger partial charge in [0.1, 0.15) is 5.69 Å². The first kappa shape index (κ1) is 15.1. The highest BCUT2D eigenvalue weighted by Gasteiger charge is 2.36. The summed E-state index contributed by atoms with van der Waals surface area (Å²) in [6.07, 6.45) is 8.49. The molecule has 1 heterocycles. The van der Waals surface area contributed by atoms with E-state index in [1.54, 1.807) is 17.9 Å². The highest BCUT2D eigenvalue weighted by molar-refractivity contribution is 5.93. The molecule has 120 valence electrons. The lowest BCUT2D eigenvalue weighted by Crippen LogP contribution is -2.38. The van der Waals surface area contributed by atoms with Gasteiger partial charge in [-0.1, -0.05) is 19.8 Å². The van der Waals surface area contributed by atoms with E-state index >= 15 is 0 Å². The maximum Gasteiger partial charge on any atom is 0.308 e. The van der Waals surface area contributed by atoms with Crippen molar-refractivity contribution in [1.82, 2.24) is 14.7 Å². The number of carbonyl (C=O) groups excluding carboxylic acids is 1. The minimum absolute atomic E-state index is 0.132. The van der Waals surface area contributed by atoms with E-state index in [1.807, 2.05) is 10.9 Å². The Bertz CT molecular complexity index is 559. The SMILES string of the molecule is C[C@H](CN(C(=O)c1ccn(C2CCCC2)n1)C1CC1)C(=O)O. The Morgan fingerprint density at radius 2 is 2.05 bits per heavy atom. The van der Waals surface area contributed by atoms with Crippen molar-refractivity contribution in [2.75, 3.05) is 6.54 Å². The molecule has 0 bridgehead atoms. The molecule has 6 heteroatoms. The minimum atomic E-state index is -0.866. The number of hydrogen-bond donors (Lipinski definition) is 1. The van der Waals surface area contributed by atoms with Crippen LogP contribution < -0.4 is 0 Å². The third-order valence-electron chi connectivity index (χ3n) is 4.67. The number of amides is 1. The molecular weight excluding hydrogens is 282 g/mol. The number of carboxylic acid groups (broad SMARTS) is 1. The third-order valence-corrected chi connectivity index (χ3v) is 4.67. The second kappa shape index (κ2) is 6.10. The average molecular weight is 305 g/mol. The smallest absolute Gasteiger partial charge is 0.308 e. The highest BCUT2D eigenvalue weighted by atomic mass is 16.4. The van der Waals surface area contributed by atoms with Crippen LogP contribution in [0.15, 0.2) is 12.3 Å². The van der Waals surface area contributed by atoms with Gasteiger partial charge in [0.15, 0.2) is 0 Å². The summed E-state index contributed by atoms with van der Waals surface area (Å²) < 4.78 is 1.91. The van der Waals surface area contributed by atoms with E-state index in [0.29, 0.717) is 11.7 Å². The Balaban J connectivity index is 1.71. The Labute approximate surface area is 130 Å². The molecule has 22 heavy (non-hydrogen) atoms. The number of carboxylic acids is 1. The average Bonchev–Trinajstić information content (AvgIpc) is 3.01. The van der Waals surface area contributed by atoms with Crippen molar-refractivity contribution < 1.29 is 14.7 Å². The molecule has 1 atom stereocenters. The predicted octanol–water partition coefficient (Wildman–Crippen LogP) is 2.32. The number of nitrogens with zero attached hydrogens (tertiary/aromatic N) is 3. The van der Waals surface area contributed by atoms with Gasteiger partial charge in [-0.05, 0) is 31.7 Å². The van der Waals surface area contributed by atoms with Crippen LogP contribution in [0.4, 0.5) is 0 Å². The molecule has 1 amide bonds. The van der Waals surface area contributed by atoms with Crippen molar-refractivity contribution in [3.63, 3.8) is 0 Å². The van der Waals surface area contributed by atoms with Crippen LogP contribution in [0.1, 0.15) is 62.0 Å². The van der Waals surface area contributed by atoms with E-state index in [0.717, 1.165) is 25.7 Å². The molecule has 0 radical (unpaired) electrons. The molecule has 2 fully saturated rings. The van der Waals surface area contributed by atoms with Gasteiger partial charge in [-0.25, -0.2) is 0 Å². The lowest BCUT2D eigenvalue weighted by atomic mass is 10.1. The van der Waals surface area contributed by atoms with Crippen molar-refractivity contribution in [3.8, 4) is 0 Å². The second-order valence-corrected chi connectivity index (χ2v) is 6.55. The van der Waals surface area contributed by atoms with Crippen molar-refractivity contribution in [2.45, 2.75) is 57.5 Å². The lowest BCUT2D eigenvalue weighted by molar-refractivity contribution is -0.141. The number of rotatable bonds is 6.